The van der Waals surface area contributed by atoms with E-state index in [4.69, 9.17) is 14.2 Å². The van der Waals surface area contributed by atoms with Gasteiger partial charge in [0, 0.05) is 31.7 Å². The second-order valence-electron chi connectivity index (χ2n) is 12.7. The standard InChI is InChI=1S/C39H40N2O6/c1-45-25-32-8-5-19-40(32)23-33-21-36(29-13-11-26(24-42)12-14-29)47-39(46-33)30-17-15-28(16-18-30)31-7-4-6-27(20-31)22-41-37(43)34-9-2-3-10-35(34)38(41)44/h2-4,6-7,9-18,20,32-33,36,39,42H,5,8,19,21-25H2,1H3/t32-,33+,36-,39-/m0/s1. The molecule has 8 heteroatoms. The predicted octanol–water partition coefficient (Wildman–Crippen LogP) is 6.30. The quantitative estimate of drug-likeness (QED) is 0.205. The van der Waals surface area contributed by atoms with Gasteiger partial charge in [0.15, 0.2) is 6.29 Å². The van der Waals surface area contributed by atoms with Crippen LogP contribution in [0.3, 0.4) is 0 Å². The van der Waals surface area contributed by atoms with E-state index >= 15 is 0 Å². The molecule has 8 nitrogen and oxygen atoms in total. The molecule has 1 N–H and O–H groups in total. The first-order valence-electron chi connectivity index (χ1n) is 16.4. The van der Waals surface area contributed by atoms with E-state index in [1.807, 2.05) is 48.5 Å². The van der Waals surface area contributed by atoms with E-state index in [0.29, 0.717) is 17.2 Å². The van der Waals surface area contributed by atoms with Gasteiger partial charge in [0.25, 0.3) is 11.8 Å². The van der Waals surface area contributed by atoms with Crippen molar-refractivity contribution in [3.63, 3.8) is 0 Å². The number of hydrogen-bond acceptors (Lipinski definition) is 7. The summed E-state index contributed by atoms with van der Waals surface area (Å²) < 4.78 is 18.7. The van der Waals surface area contributed by atoms with Crippen molar-refractivity contribution in [3.05, 3.63) is 130 Å². The van der Waals surface area contributed by atoms with Gasteiger partial charge in [-0.15, -0.1) is 0 Å². The number of aliphatic hydroxyl groups excluding tert-OH is 1. The molecule has 2 amide bonds. The van der Waals surface area contributed by atoms with Crippen molar-refractivity contribution in [1.82, 2.24) is 9.80 Å². The van der Waals surface area contributed by atoms with Gasteiger partial charge >= 0.3 is 0 Å². The minimum Gasteiger partial charge on any atom is -0.392 e. The molecule has 0 spiro atoms. The molecule has 0 aromatic heterocycles. The smallest absolute Gasteiger partial charge is 0.261 e. The second-order valence-corrected chi connectivity index (χ2v) is 12.7. The van der Waals surface area contributed by atoms with E-state index in [-0.39, 0.29) is 37.2 Å². The van der Waals surface area contributed by atoms with Crippen molar-refractivity contribution in [2.45, 2.75) is 57.0 Å². The first-order valence-corrected chi connectivity index (χ1v) is 16.4. The van der Waals surface area contributed by atoms with Crippen LogP contribution in [0.2, 0.25) is 0 Å². The molecule has 7 rings (SSSR count). The highest BCUT2D eigenvalue weighted by atomic mass is 16.7. The van der Waals surface area contributed by atoms with Crippen LogP contribution in [0.1, 0.15) is 74.6 Å². The van der Waals surface area contributed by atoms with Crippen LogP contribution < -0.4 is 0 Å². The summed E-state index contributed by atoms with van der Waals surface area (Å²) in [7, 11) is 1.76. The molecule has 0 radical (unpaired) electrons. The van der Waals surface area contributed by atoms with E-state index in [2.05, 4.69) is 29.2 Å². The molecule has 0 unspecified atom stereocenters. The van der Waals surface area contributed by atoms with Crippen LogP contribution >= 0.6 is 0 Å². The van der Waals surface area contributed by atoms with E-state index in [9.17, 15) is 14.7 Å². The summed E-state index contributed by atoms with van der Waals surface area (Å²) >= 11 is 0. The molecule has 4 aromatic rings. The normalized spacial score (nSPS) is 23.0. The van der Waals surface area contributed by atoms with Crippen molar-refractivity contribution in [2.24, 2.45) is 0 Å². The number of nitrogens with zero attached hydrogens (tertiary/aromatic N) is 2. The second kappa shape index (κ2) is 13.9. The number of aliphatic hydroxyl groups is 1. The zero-order valence-electron chi connectivity index (χ0n) is 26.6. The third kappa shape index (κ3) is 6.66. The monoisotopic (exact) mass is 632 g/mol. The molecule has 2 fully saturated rings. The number of carbonyl (C=O) groups is 2. The number of ether oxygens (including phenoxy) is 3. The minimum absolute atomic E-state index is 0.00797. The number of likely N-dealkylation sites (tertiary alicyclic amines) is 1. The number of methoxy groups -OCH3 is 1. The number of carbonyl (C=O) groups excluding carboxylic acids is 2. The fourth-order valence-corrected chi connectivity index (χ4v) is 7.06. The van der Waals surface area contributed by atoms with Crippen LogP contribution in [0, 0.1) is 0 Å². The molecule has 0 saturated carbocycles. The van der Waals surface area contributed by atoms with Gasteiger partial charge in [-0.3, -0.25) is 19.4 Å². The van der Waals surface area contributed by atoms with Gasteiger partial charge in [-0.05, 0) is 65.4 Å². The number of imide groups is 1. The minimum atomic E-state index is -0.533. The van der Waals surface area contributed by atoms with Crippen molar-refractivity contribution in [3.8, 4) is 11.1 Å². The Morgan fingerprint density at radius 3 is 2.23 bits per heavy atom. The molecular formula is C39H40N2O6. The van der Waals surface area contributed by atoms with Crippen molar-refractivity contribution < 1.29 is 28.9 Å². The highest BCUT2D eigenvalue weighted by Gasteiger charge is 2.36. The largest absolute Gasteiger partial charge is 0.392 e. The Morgan fingerprint density at radius 1 is 0.809 bits per heavy atom. The Balaban J connectivity index is 1.08. The fraction of sp³-hybridized carbons (Fsp3) is 0.333. The van der Waals surface area contributed by atoms with Gasteiger partial charge in [0.1, 0.15) is 0 Å². The van der Waals surface area contributed by atoms with Crippen LogP contribution in [-0.2, 0) is 27.4 Å². The summed E-state index contributed by atoms with van der Waals surface area (Å²) in [5.74, 6) is -0.513. The van der Waals surface area contributed by atoms with Gasteiger partial charge < -0.3 is 19.3 Å². The van der Waals surface area contributed by atoms with Gasteiger partial charge in [-0.1, -0.05) is 78.9 Å². The number of benzene rings is 4. The SMILES string of the molecule is COC[C@@H]1CCCN1C[C@H]1C[C@@H](c2ccc(CO)cc2)O[C@@H](c2ccc(-c3cccc(CN4C(=O)c5ccccc5C4=O)c3)cc2)O1. The zero-order chi connectivity index (χ0) is 32.3. The molecule has 2 saturated heterocycles. The van der Waals surface area contributed by atoms with Gasteiger partial charge in [0.2, 0.25) is 0 Å². The summed E-state index contributed by atoms with van der Waals surface area (Å²) in [6.07, 6.45) is 2.33. The topological polar surface area (TPSA) is 88.5 Å². The third-order valence-corrected chi connectivity index (χ3v) is 9.57. The lowest BCUT2D eigenvalue weighted by Gasteiger charge is -2.38. The summed E-state index contributed by atoms with van der Waals surface area (Å²) in [6, 6.07) is 31.5. The first kappa shape index (κ1) is 31.4. The molecule has 47 heavy (non-hydrogen) atoms. The Hall–Kier alpha value is -4.18. The molecule has 0 bridgehead atoms. The Kier molecular flexibility index (Phi) is 9.29. The molecule has 3 aliphatic rings. The Bertz CT molecular complexity index is 1690. The van der Waals surface area contributed by atoms with E-state index in [1.165, 1.54) is 4.90 Å². The van der Waals surface area contributed by atoms with Gasteiger partial charge in [0.05, 0.1) is 43.1 Å². The van der Waals surface area contributed by atoms with Crippen LogP contribution in [-0.4, -0.2) is 65.7 Å². The number of amides is 2. The highest BCUT2D eigenvalue weighted by molar-refractivity contribution is 6.21. The maximum absolute atomic E-state index is 12.9. The molecule has 4 aromatic carbocycles. The Morgan fingerprint density at radius 2 is 1.53 bits per heavy atom. The lowest BCUT2D eigenvalue weighted by molar-refractivity contribution is -0.253. The van der Waals surface area contributed by atoms with Crippen LogP contribution in [0.5, 0.6) is 0 Å². The first-order chi connectivity index (χ1) is 23.0. The summed E-state index contributed by atoms with van der Waals surface area (Å²) in [6.45, 7) is 2.80. The van der Waals surface area contributed by atoms with Crippen LogP contribution in [0.15, 0.2) is 97.1 Å². The summed E-state index contributed by atoms with van der Waals surface area (Å²) in [4.78, 5) is 29.6. The number of fused-ring (bicyclic) bond motifs is 1. The molecular weight excluding hydrogens is 592 g/mol. The maximum Gasteiger partial charge on any atom is 0.261 e. The average Bonchev–Trinajstić information content (AvgIpc) is 3.65. The summed E-state index contributed by atoms with van der Waals surface area (Å²) in [5.41, 5.74) is 6.68. The van der Waals surface area contributed by atoms with Crippen molar-refractivity contribution in [2.75, 3.05) is 26.8 Å². The molecule has 0 aliphatic carbocycles. The van der Waals surface area contributed by atoms with Crippen LogP contribution in [0.25, 0.3) is 11.1 Å². The van der Waals surface area contributed by atoms with Crippen molar-refractivity contribution in [1.29, 1.82) is 0 Å². The summed E-state index contributed by atoms with van der Waals surface area (Å²) in [5, 5.41) is 9.54. The van der Waals surface area contributed by atoms with Gasteiger partial charge in [-0.2, -0.15) is 0 Å². The number of rotatable bonds is 10. The lowest BCUT2D eigenvalue weighted by atomic mass is 9.98. The molecule has 3 heterocycles. The number of hydrogen-bond donors (Lipinski definition) is 1. The molecule has 4 atom stereocenters. The van der Waals surface area contributed by atoms with E-state index in [0.717, 1.165) is 72.3 Å². The van der Waals surface area contributed by atoms with E-state index in [1.54, 1.807) is 31.4 Å². The molecule has 242 valence electrons. The van der Waals surface area contributed by atoms with E-state index < -0.39 is 6.29 Å². The predicted molar refractivity (Wildman–Crippen MR) is 177 cm³/mol. The third-order valence-electron chi connectivity index (χ3n) is 9.57. The van der Waals surface area contributed by atoms with Crippen molar-refractivity contribution >= 4 is 11.8 Å². The highest BCUT2D eigenvalue weighted by Crippen LogP contribution is 2.39. The average molecular weight is 633 g/mol. The maximum atomic E-state index is 12.9. The lowest BCUT2D eigenvalue weighted by Crippen LogP contribution is -2.42. The van der Waals surface area contributed by atoms with Gasteiger partial charge in [-0.25, -0.2) is 0 Å². The zero-order valence-corrected chi connectivity index (χ0v) is 26.6. The Labute approximate surface area is 275 Å². The molecule has 3 aliphatic heterocycles. The van der Waals surface area contributed by atoms with Crippen LogP contribution in [0.4, 0.5) is 0 Å². The fourth-order valence-electron chi connectivity index (χ4n) is 7.06.